The van der Waals surface area contributed by atoms with Gasteiger partial charge in [0.15, 0.2) is 0 Å². The molecule has 1 heteroatoms. The highest BCUT2D eigenvalue weighted by molar-refractivity contribution is 5.85. The summed E-state index contributed by atoms with van der Waals surface area (Å²) in [5.74, 6) is 3.04. The van der Waals surface area contributed by atoms with Crippen LogP contribution in [0.5, 0.6) is 0 Å². The molecule has 1 aromatic carbocycles. The van der Waals surface area contributed by atoms with Gasteiger partial charge in [0.1, 0.15) is 0 Å². The molecule has 0 spiro atoms. The number of nitrogens with zero attached hydrogens (tertiary/aromatic N) is 1. The highest BCUT2D eigenvalue weighted by atomic mass is 14.7. The molecule has 1 aromatic heterocycles. The predicted molar refractivity (Wildman–Crippen MR) is 103 cm³/mol. The highest BCUT2D eigenvalue weighted by Gasteiger charge is 2.52. The number of hydrogen-bond donors (Lipinski definition) is 0. The van der Waals surface area contributed by atoms with Gasteiger partial charge < -0.3 is 0 Å². The van der Waals surface area contributed by atoms with Crippen molar-refractivity contribution in [2.24, 2.45) is 17.8 Å². The van der Waals surface area contributed by atoms with Crippen LogP contribution >= 0.6 is 0 Å². The van der Waals surface area contributed by atoms with Crippen molar-refractivity contribution >= 4 is 10.9 Å². The van der Waals surface area contributed by atoms with Crippen molar-refractivity contribution in [3.05, 3.63) is 41.1 Å². The van der Waals surface area contributed by atoms with E-state index in [9.17, 15) is 0 Å². The number of para-hydroxylation sites is 1. The Balaban J connectivity index is 1.63. The van der Waals surface area contributed by atoms with Crippen molar-refractivity contribution in [2.45, 2.75) is 76.0 Å². The molecule has 4 bridgehead atoms. The lowest BCUT2D eigenvalue weighted by Crippen LogP contribution is -2.49. The standard InChI is InChI=1S/C24H29N/c1-2-6-19-21(8-3-1)25-22-9-5-4-7-20(22)23(19)24-13-16-10-17(14-24)12-18(11-16)15-24/h4-5,7,9,16-18H,1-3,6,8,10-15H2. The summed E-state index contributed by atoms with van der Waals surface area (Å²) in [5, 5.41) is 1.50. The topological polar surface area (TPSA) is 12.9 Å². The molecule has 4 saturated carbocycles. The van der Waals surface area contributed by atoms with Crippen molar-refractivity contribution in [1.29, 1.82) is 0 Å². The van der Waals surface area contributed by atoms with Crippen molar-refractivity contribution in [2.75, 3.05) is 0 Å². The molecule has 4 fully saturated rings. The normalized spacial score (nSPS) is 36.4. The number of pyridine rings is 1. The van der Waals surface area contributed by atoms with E-state index in [2.05, 4.69) is 24.3 Å². The fraction of sp³-hybridized carbons (Fsp3) is 0.625. The van der Waals surface area contributed by atoms with E-state index in [1.54, 1.807) is 11.1 Å². The van der Waals surface area contributed by atoms with Gasteiger partial charge in [0, 0.05) is 11.1 Å². The molecule has 1 heterocycles. The second-order valence-electron chi connectivity index (χ2n) is 9.69. The molecule has 7 rings (SSSR count). The van der Waals surface area contributed by atoms with Crippen LogP contribution < -0.4 is 0 Å². The summed E-state index contributed by atoms with van der Waals surface area (Å²) in [6, 6.07) is 9.09. The lowest BCUT2D eigenvalue weighted by Gasteiger charge is -2.57. The molecule has 0 saturated heterocycles. The summed E-state index contributed by atoms with van der Waals surface area (Å²) >= 11 is 0. The first-order chi connectivity index (χ1) is 12.3. The molecule has 25 heavy (non-hydrogen) atoms. The third-order valence-corrected chi connectivity index (χ3v) is 7.99. The third kappa shape index (κ3) is 2.17. The van der Waals surface area contributed by atoms with Gasteiger partial charge in [0.05, 0.1) is 5.52 Å². The summed E-state index contributed by atoms with van der Waals surface area (Å²) in [4.78, 5) is 5.16. The molecule has 5 aliphatic rings. The Hall–Kier alpha value is -1.37. The molecule has 0 aliphatic heterocycles. The van der Waals surface area contributed by atoms with Gasteiger partial charge in [-0.3, -0.25) is 4.98 Å². The first-order valence-electron chi connectivity index (χ1n) is 10.7. The van der Waals surface area contributed by atoms with E-state index in [1.807, 2.05) is 0 Å². The zero-order valence-corrected chi connectivity index (χ0v) is 15.3. The number of aryl methyl sites for hydroxylation is 1. The Morgan fingerprint density at radius 3 is 2.24 bits per heavy atom. The van der Waals surface area contributed by atoms with Gasteiger partial charge in [0.2, 0.25) is 0 Å². The first-order valence-corrected chi connectivity index (χ1v) is 10.7. The fourth-order valence-corrected chi connectivity index (χ4v) is 7.57. The van der Waals surface area contributed by atoms with Gasteiger partial charge in [-0.15, -0.1) is 0 Å². The monoisotopic (exact) mass is 331 g/mol. The number of hydrogen-bond acceptors (Lipinski definition) is 1. The van der Waals surface area contributed by atoms with Gasteiger partial charge in [-0.25, -0.2) is 0 Å². The van der Waals surface area contributed by atoms with Crippen LogP contribution in [0, 0.1) is 17.8 Å². The molecular formula is C24H29N. The Kier molecular flexibility index (Phi) is 3.14. The summed E-state index contributed by atoms with van der Waals surface area (Å²) in [5.41, 5.74) is 6.70. The molecule has 0 amide bonds. The smallest absolute Gasteiger partial charge is 0.0708 e. The average Bonchev–Trinajstić information content (AvgIpc) is 2.83. The van der Waals surface area contributed by atoms with Crippen LogP contribution in [0.15, 0.2) is 24.3 Å². The Morgan fingerprint density at radius 1 is 0.800 bits per heavy atom. The van der Waals surface area contributed by atoms with Crippen LogP contribution in [0.1, 0.15) is 74.6 Å². The SMILES string of the molecule is c1ccc2c(C34CC5CC(CC(C5)C3)C4)c3c(nc2c1)CCCCC3. The number of benzene rings is 1. The molecule has 0 unspecified atom stereocenters. The molecule has 1 nitrogen and oxygen atoms in total. The van der Waals surface area contributed by atoms with Crippen LogP contribution in [0.25, 0.3) is 10.9 Å². The maximum Gasteiger partial charge on any atom is 0.0708 e. The van der Waals surface area contributed by atoms with Gasteiger partial charge in [-0.2, -0.15) is 0 Å². The molecule has 5 aliphatic carbocycles. The second kappa shape index (κ2) is 5.32. The minimum Gasteiger partial charge on any atom is -0.253 e. The maximum absolute atomic E-state index is 5.16. The predicted octanol–water partition coefficient (Wildman–Crippen LogP) is 5.97. The molecule has 130 valence electrons. The molecule has 0 atom stereocenters. The zero-order valence-electron chi connectivity index (χ0n) is 15.3. The second-order valence-corrected chi connectivity index (χ2v) is 9.69. The van der Waals surface area contributed by atoms with Crippen LogP contribution in [0.3, 0.4) is 0 Å². The van der Waals surface area contributed by atoms with Crippen LogP contribution in [-0.2, 0) is 18.3 Å². The number of rotatable bonds is 1. The Morgan fingerprint density at radius 2 is 1.48 bits per heavy atom. The quantitative estimate of drug-likeness (QED) is 0.586. The largest absolute Gasteiger partial charge is 0.253 e. The third-order valence-electron chi connectivity index (χ3n) is 7.99. The average molecular weight is 332 g/mol. The van der Waals surface area contributed by atoms with Crippen LogP contribution in [0.2, 0.25) is 0 Å². The van der Waals surface area contributed by atoms with E-state index >= 15 is 0 Å². The van der Waals surface area contributed by atoms with E-state index < -0.39 is 0 Å². The molecule has 0 radical (unpaired) electrons. The van der Waals surface area contributed by atoms with Gasteiger partial charge in [0.25, 0.3) is 0 Å². The van der Waals surface area contributed by atoms with Crippen molar-refractivity contribution < 1.29 is 0 Å². The van der Waals surface area contributed by atoms with Crippen molar-refractivity contribution in [3.63, 3.8) is 0 Å². The number of aromatic nitrogens is 1. The Labute approximate surface area is 151 Å². The first kappa shape index (κ1) is 14.8. The summed E-state index contributed by atoms with van der Waals surface area (Å²) in [6.45, 7) is 0. The zero-order chi connectivity index (χ0) is 16.4. The van der Waals surface area contributed by atoms with E-state index in [0.717, 1.165) is 17.8 Å². The summed E-state index contributed by atoms with van der Waals surface area (Å²) in [6.07, 6.45) is 15.6. The summed E-state index contributed by atoms with van der Waals surface area (Å²) in [7, 11) is 0. The minimum atomic E-state index is 0.492. The summed E-state index contributed by atoms with van der Waals surface area (Å²) < 4.78 is 0. The number of fused-ring (bicyclic) bond motifs is 2. The lowest BCUT2D eigenvalue weighted by molar-refractivity contribution is -0.00493. The van der Waals surface area contributed by atoms with Gasteiger partial charge in [-0.1, -0.05) is 24.6 Å². The fourth-order valence-electron chi connectivity index (χ4n) is 7.57. The Bertz CT molecular complexity index is 798. The minimum absolute atomic E-state index is 0.492. The van der Waals surface area contributed by atoms with E-state index in [0.29, 0.717) is 5.41 Å². The van der Waals surface area contributed by atoms with Crippen molar-refractivity contribution in [1.82, 2.24) is 4.98 Å². The van der Waals surface area contributed by atoms with Gasteiger partial charge in [-0.05, 0) is 105 Å². The van der Waals surface area contributed by atoms with Gasteiger partial charge >= 0.3 is 0 Å². The molecule has 2 aromatic rings. The molecule has 0 N–H and O–H groups in total. The maximum atomic E-state index is 5.16. The highest BCUT2D eigenvalue weighted by Crippen LogP contribution is 2.62. The molecular weight excluding hydrogens is 302 g/mol. The van der Waals surface area contributed by atoms with E-state index in [-0.39, 0.29) is 0 Å². The van der Waals surface area contributed by atoms with Crippen molar-refractivity contribution in [3.8, 4) is 0 Å². The van der Waals surface area contributed by atoms with Crippen LogP contribution in [0.4, 0.5) is 0 Å². The van der Waals surface area contributed by atoms with Crippen LogP contribution in [-0.4, -0.2) is 4.98 Å². The lowest BCUT2D eigenvalue weighted by atomic mass is 9.47. The van der Waals surface area contributed by atoms with E-state index in [4.69, 9.17) is 4.98 Å². The van der Waals surface area contributed by atoms with E-state index in [1.165, 1.54) is 87.2 Å².